The van der Waals surface area contributed by atoms with E-state index in [2.05, 4.69) is 48.5 Å². The molecule has 1 aromatic rings. The molecule has 2 rings (SSSR count). The first-order valence-electron chi connectivity index (χ1n) is 8.29. The topological polar surface area (TPSA) is 17.1 Å². The maximum Gasteiger partial charge on any atom is 0.167 e. The van der Waals surface area contributed by atoms with E-state index in [0.29, 0.717) is 5.78 Å². The molecule has 116 valence electrons. The van der Waals surface area contributed by atoms with Gasteiger partial charge >= 0.3 is 0 Å². The van der Waals surface area contributed by atoms with E-state index >= 15 is 0 Å². The Hall–Kier alpha value is -1.11. The molecule has 1 aliphatic carbocycles. The summed E-state index contributed by atoms with van der Waals surface area (Å²) in [4.78, 5) is 13.3. The van der Waals surface area contributed by atoms with Crippen LogP contribution >= 0.6 is 0 Å². The minimum Gasteiger partial charge on any atom is -0.294 e. The Morgan fingerprint density at radius 1 is 0.857 bits per heavy atom. The first-order valence-corrected chi connectivity index (χ1v) is 8.29. The van der Waals surface area contributed by atoms with Gasteiger partial charge in [0.1, 0.15) is 0 Å². The van der Waals surface area contributed by atoms with Crippen LogP contribution in [0.5, 0.6) is 0 Å². The van der Waals surface area contributed by atoms with E-state index in [-0.39, 0.29) is 11.3 Å². The molecule has 21 heavy (non-hydrogen) atoms. The molecule has 1 fully saturated rings. The van der Waals surface area contributed by atoms with Crippen molar-refractivity contribution in [3.63, 3.8) is 0 Å². The van der Waals surface area contributed by atoms with Crippen molar-refractivity contribution in [1.29, 1.82) is 0 Å². The van der Waals surface area contributed by atoms with Gasteiger partial charge in [0.05, 0.1) is 0 Å². The second-order valence-corrected chi connectivity index (χ2v) is 7.65. The molecular formula is C20H30O. The molecule has 0 aromatic heterocycles. The van der Waals surface area contributed by atoms with Crippen LogP contribution < -0.4 is 0 Å². The van der Waals surface area contributed by atoms with E-state index in [1.807, 2.05) is 0 Å². The van der Waals surface area contributed by atoms with Crippen molar-refractivity contribution >= 4 is 5.78 Å². The summed E-state index contributed by atoms with van der Waals surface area (Å²) in [7, 11) is 0. The fourth-order valence-electron chi connectivity index (χ4n) is 4.02. The fourth-order valence-corrected chi connectivity index (χ4v) is 4.02. The Morgan fingerprint density at radius 3 is 1.81 bits per heavy atom. The third-order valence-electron chi connectivity index (χ3n) is 6.07. The minimum atomic E-state index is 0.140. The summed E-state index contributed by atoms with van der Waals surface area (Å²) in [6.45, 7) is 15.3. The molecule has 0 radical (unpaired) electrons. The minimum absolute atomic E-state index is 0.140. The highest BCUT2D eigenvalue weighted by Crippen LogP contribution is 2.43. The second kappa shape index (κ2) is 5.59. The average molecular weight is 286 g/mol. The van der Waals surface area contributed by atoms with Gasteiger partial charge in [-0.3, -0.25) is 4.79 Å². The molecule has 1 saturated carbocycles. The second-order valence-electron chi connectivity index (χ2n) is 7.65. The first-order chi connectivity index (χ1) is 9.68. The quantitative estimate of drug-likeness (QED) is 0.644. The zero-order chi connectivity index (χ0) is 15.9. The lowest BCUT2D eigenvalue weighted by Gasteiger charge is -2.38. The lowest BCUT2D eigenvalue weighted by atomic mass is 9.65. The molecule has 0 amide bonds. The molecule has 1 aliphatic rings. The summed E-state index contributed by atoms with van der Waals surface area (Å²) in [6.07, 6.45) is 4.68. The number of benzene rings is 1. The van der Waals surface area contributed by atoms with Crippen molar-refractivity contribution in [1.82, 2.24) is 0 Å². The van der Waals surface area contributed by atoms with Gasteiger partial charge in [-0.2, -0.15) is 0 Å². The molecular weight excluding hydrogens is 256 g/mol. The van der Waals surface area contributed by atoms with E-state index in [1.165, 1.54) is 47.1 Å². The van der Waals surface area contributed by atoms with Crippen LogP contribution in [-0.2, 0) is 0 Å². The number of Topliss-reactive ketones (excluding diaryl/α,β-unsaturated/α-hetero) is 1. The Kier molecular flexibility index (Phi) is 4.33. The molecule has 1 atom stereocenters. The highest BCUT2D eigenvalue weighted by atomic mass is 16.1. The van der Waals surface area contributed by atoms with E-state index in [9.17, 15) is 4.79 Å². The highest BCUT2D eigenvalue weighted by molar-refractivity contribution is 6.01. The smallest absolute Gasteiger partial charge is 0.167 e. The first kappa shape index (κ1) is 16.3. The van der Waals surface area contributed by atoms with Gasteiger partial charge in [0.2, 0.25) is 0 Å². The van der Waals surface area contributed by atoms with Crippen molar-refractivity contribution < 1.29 is 4.79 Å². The van der Waals surface area contributed by atoms with Gasteiger partial charge in [-0.15, -0.1) is 0 Å². The summed E-state index contributed by atoms with van der Waals surface area (Å²) >= 11 is 0. The van der Waals surface area contributed by atoms with Crippen LogP contribution in [0, 0.1) is 46.0 Å². The van der Waals surface area contributed by atoms with Gasteiger partial charge in [0, 0.05) is 11.5 Å². The van der Waals surface area contributed by atoms with Crippen molar-refractivity contribution in [2.75, 3.05) is 0 Å². The normalized spacial score (nSPS) is 21.4. The molecule has 1 unspecified atom stereocenters. The van der Waals surface area contributed by atoms with Gasteiger partial charge in [-0.25, -0.2) is 0 Å². The lowest BCUT2D eigenvalue weighted by Crippen LogP contribution is -2.35. The molecule has 0 heterocycles. The molecule has 0 aliphatic heterocycles. The monoisotopic (exact) mass is 286 g/mol. The Morgan fingerprint density at radius 2 is 1.33 bits per heavy atom. The van der Waals surface area contributed by atoms with Gasteiger partial charge < -0.3 is 0 Å². The van der Waals surface area contributed by atoms with E-state index < -0.39 is 0 Å². The highest BCUT2D eigenvalue weighted by Gasteiger charge is 2.38. The summed E-state index contributed by atoms with van der Waals surface area (Å²) in [5.41, 5.74) is 7.45. The lowest BCUT2D eigenvalue weighted by molar-refractivity contribution is 0.0696. The van der Waals surface area contributed by atoms with Gasteiger partial charge in [-0.05, 0) is 80.7 Å². The Bertz CT molecular complexity index is 549. The third-order valence-corrected chi connectivity index (χ3v) is 6.07. The molecule has 1 nitrogen and oxygen atoms in total. The van der Waals surface area contributed by atoms with E-state index in [1.54, 1.807) is 0 Å². The van der Waals surface area contributed by atoms with Crippen LogP contribution in [0.2, 0.25) is 0 Å². The number of rotatable bonds is 2. The van der Waals surface area contributed by atoms with Crippen molar-refractivity contribution in [2.24, 2.45) is 11.3 Å². The standard InChI is InChI=1S/C20H30O/c1-12-13(2)15(4)18(16(5)14(12)3)19(21)17-10-8-9-11-20(17,6)7/h17H,8-11H2,1-7H3. The SMILES string of the molecule is Cc1c(C)c(C)c(C(=O)C2CCCCC2(C)C)c(C)c1C. The van der Waals surface area contributed by atoms with Gasteiger partial charge in [0.15, 0.2) is 5.78 Å². The summed E-state index contributed by atoms with van der Waals surface area (Å²) in [5, 5.41) is 0. The third kappa shape index (κ3) is 2.67. The maximum absolute atomic E-state index is 13.3. The predicted molar refractivity (Wildman–Crippen MR) is 90.2 cm³/mol. The van der Waals surface area contributed by atoms with Crippen molar-refractivity contribution in [3.8, 4) is 0 Å². The van der Waals surface area contributed by atoms with Crippen LogP contribution in [0.15, 0.2) is 0 Å². The number of hydrogen-bond donors (Lipinski definition) is 0. The van der Waals surface area contributed by atoms with Crippen LogP contribution in [0.25, 0.3) is 0 Å². The molecule has 1 heteroatoms. The zero-order valence-electron chi connectivity index (χ0n) is 14.8. The number of carbonyl (C=O) groups excluding carboxylic acids is 1. The van der Waals surface area contributed by atoms with Gasteiger partial charge in [-0.1, -0.05) is 26.7 Å². The van der Waals surface area contributed by atoms with Crippen molar-refractivity contribution in [3.05, 3.63) is 33.4 Å². The largest absolute Gasteiger partial charge is 0.294 e. The zero-order valence-corrected chi connectivity index (χ0v) is 14.8. The fraction of sp³-hybridized carbons (Fsp3) is 0.650. The average Bonchev–Trinajstić information content (AvgIpc) is 2.42. The Balaban J connectivity index is 2.54. The molecule has 1 aromatic carbocycles. The number of ketones is 1. The van der Waals surface area contributed by atoms with Crippen LogP contribution in [-0.4, -0.2) is 5.78 Å². The molecule has 0 N–H and O–H groups in total. The number of hydrogen-bond acceptors (Lipinski definition) is 1. The van der Waals surface area contributed by atoms with Crippen LogP contribution in [0.3, 0.4) is 0 Å². The molecule has 0 bridgehead atoms. The number of carbonyl (C=O) groups is 1. The van der Waals surface area contributed by atoms with E-state index in [0.717, 1.165) is 12.0 Å². The van der Waals surface area contributed by atoms with Crippen LogP contribution in [0.4, 0.5) is 0 Å². The summed E-state index contributed by atoms with van der Waals surface area (Å²) in [6, 6.07) is 0. The Labute approximate surface area is 130 Å². The maximum atomic E-state index is 13.3. The molecule has 0 saturated heterocycles. The van der Waals surface area contributed by atoms with Crippen molar-refractivity contribution in [2.45, 2.75) is 74.1 Å². The summed E-state index contributed by atoms with van der Waals surface area (Å²) < 4.78 is 0. The van der Waals surface area contributed by atoms with E-state index in [4.69, 9.17) is 0 Å². The van der Waals surface area contributed by atoms with Gasteiger partial charge in [0.25, 0.3) is 0 Å². The molecule has 0 spiro atoms. The summed E-state index contributed by atoms with van der Waals surface area (Å²) in [5.74, 6) is 0.575. The predicted octanol–water partition coefficient (Wildman–Crippen LogP) is 5.63. The van der Waals surface area contributed by atoms with Crippen LogP contribution in [0.1, 0.15) is 77.7 Å².